The van der Waals surface area contributed by atoms with E-state index >= 15 is 0 Å². The lowest BCUT2D eigenvalue weighted by Gasteiger charge is -2.15. The number of para-hydroxylation sites is 1. The number of halogens is 1. The van der Waals surface area contributed by atoms with Crippen molar-refractivity contribution >= 4 is 44.5 Å². The molecule has 0 radical (unpaired) electrons. The predicted octanol–water partition coefficient (Wildman–Crippen LogP) is 4.78. The summed E-state index contributed by atoms with van der Waals surface area (Å²) in [7, 11) is 0. The topological polar surface area (TPSA) is 38.0 Å². The fourth-order valence-corrected chi connectivity index (χ4v) is 2.63. The van der Waals surface area contributed by atoms with E-state index in [4.69, 9.17) is 18.0 Å². The Hall–Kier alpha value is -1.39. The average Bonchev–Trinajstić information content (AvgIpc) is 2.43. The number of anilines is 2. The van der Waals surface area contributed by atoms with Crippen molar-refractivity contribution < 1.29 is 0 Å². The zero-order valence-corrected chi connectivity index (χ0v) is 13.7. The van der Waals surface area contributed by atoms with Crippen molar-refractivity contribution in [2.24, 2.45) is 5.73 Å². The van der Waals surface area contributed by atoms with Crippen molar-refractivity contribution in [3.63, 3.8) is 0 Å². The number of thiocarbonyl (C=S) groups is 1. The molecular weight excluding hydrogens is 332 g/mol. The van der Waals surface area contributed by atoms with Crippen LogP contribution >= 0.6 is 28.1 Å². The van der Waals surface area contributed by atoms with Crippen molar-refractivity contribution in [3.8, 4) is 0 Å². The van der Waals surface area contributed by atoms with Crippen molar-refractivity contribution in [1.29, 1.82) is 0 Å². The van der Waals surface area contributed by atoms with Gasteiger partial charge in [0, 0.05) is 21.4 Å². The summed E-state index contributed by atoms with van der Waals surface area (Å²) in [6.45, 7) is 2.18. The van der Waals surface area contributed by atoms with Crippen molar-refractivity contribution in [1.82, 2.24) is 0 Å². The minimum Gasteiger partial charge on any atom is -0.389 e. The Morgan fingerprint density at radius 2 is 1.95 bits per heavy atom. The first-order valence-corrected chi connectivity index (χ1v) is 7.76. The van der Waals surface area contributed by atoms with E-state index in [0.717, 1.165) is 34.3 Å². The monoisotopic (exact) mass is 348 g/mol. The molecular formula is C16H17BrN2S. The Morgan fingerprint density at radius 3 is 2.65 bits per heavy atom. The van der Waals surface area contributed by atoms with Crippen molar-refractivity contribution in [2.75, 3.05) is 5.32 Å². The molecule has 2 aromatic carbocycles. The molecule has 0 aliphatic carbocycles. The van der Waals surface area contributed by atoms with E-state index in [2.05, 4.69) is 46.4 Å². The van der Waals surface area contributed by atoms with Crippen LogP contribution in [-0.4, -0.2) is 4.99 Å². The largest absolute Gasteiger partial charge is 0.389 e. The minimum atomic E-state index is 0.391. The van der Waals surface area contributed by atoms with Gasteiger partial charge in [-0.2, -0.15) is 0 Å². The molecule has 2 nitrogen and oxygen atoms in total. The van der Waals surface area contributed by atoms with E-state index in [-0.39, 0.29) is 0 Å². The molecule has 0 atom stereocenters. The molecule has 0 aliphatic heterocycles. The number of rotatable bonds is 5. The molecule has 3 N–H and O–H groups in total. The lowest BCUT2D eigenvalue weighted by molar-refractivity contribution is 0.923. The summed E-state index contributed by atoms with van der Waals surface area (Å²) < 4.78 is 0.965. The Morgan fingerprint density at radius 1 is 1.20 bits per heavy atom. The third-order valence-corrected chi connectivity index (χ3v) is 3.77. The smallest absolute Gasteiger partial charge is 0.106 e. The van der Waals surface area contributed by atoms with E-state index in [1.165, 1.54) is 5.56 Å². The van der Waals surface area contributed by atoms with E-state index < -0.39 is 0 Å². The number of hydrogen-bond acceptors (Lipinski definition) is 2. The third kappa shape index (κ3) is 3.58. The Labute approximate surface area is 133 Å². The summed E-state index contributed by atoms with van der Waals surface area (Å²) in [5, 5.41) is 3.45. The third-order valence-electron chi connectivity index (χ3n) is 3.05. The van der Waals surface area contributed by atoms with Gasteiger partial charge in [0.25, 0.3) is 0 Å². The fraction of sp³-hybridized carbons (Fsp3) is 0.188. The van der Waals surface area contributed by atoms with Gasteiger partial charge in [-0.25, -0.2) is 0 Å². The summed E-state index contributed by atoms with van der Waals surface area (Å²) in [5.74, 6) is 0. The van der Waals surface area contributed by atoms with Gasteiger partial charge in [0.1, 0.15) is 4.99 Å². The van der Waals surface area contributed by atoms with Gasteiger partial charge in [0.15, 0.2) is 0 Å². The first-order valence-electron chi connectivity index (χ1n) is 6.56. The molecule has 0 heterocycles. The summed E-state index contributed by atoms with van der Waals surface area (Å²) in [4.78, 5) is 0.391. The molecule has 0 fully saturated rings. The molecule has 2 aromatic rings. The fourth-order valence-electron chi connectivity index (χ4n) is 2.10. The zero-order valence-electron chi connectivity index (χ0n) is 11.3. The maximum atomic E-state index is 5.80. The second kappa shape index (κ2) is 6.86. The molecule has 2 rings (SSSR count). The molecule has 0 spiro atoms. The molecule has 0 aliphatic rings. The van der Waals surface area contributed by atoms with Crippen LogP contribution in [0, 0.1) is 0 Å². The van der Waals surface area contributed by atoms with Crippen LogP contribution < -0.4 is 11.1 Å². The quantitative estimate of drug-likeness (QED) is 0.763. The van der Waals surface area contributed by atoms with Crippen molar-refractivity contribution in [2.45, 2.75) is 19.8 Å². The molecule has 104 valence electrons. The first-order chi connectivity index (χ1) is 9.61. The highest BCUT2D eigenvalue weighted by Gasteiger charge is 2.08. The summed E-state index contributed by atoms with van der Waals surface area (Å²) in [6.07, 6.45) is 2.16. The Balaban J connectivity index is 2.37. The van der Waals surface area contributed by atoms with Gasteiger partial charge in [-0.05, 0) is 36.2 Å². The van der Waals surface area contributed by atoms with Gasteiger partial charge < -0.3 is 11.1 Å². The lowest BCUT2D eigenvalue weighted by Crippen LogP contribution is -2.12. The summed E-state index contributed by atoms with van der Waals surface area (Å²) in [5.41, 5.74) is 9.99. The standard InChI is InChI=1S/C16H17BrN2S/c1-2-5-11-6-3-4-7-14(11)19-15-9-8-12(17)10-13(15)16(18)20/h3-4,6-10,19H,2,5H2,1H3,(H2,18,20). The van der Waals surface area contributed by atoms with E-state index in [0.29, 0.717) is 4.99 Å². The molecule has 0 amide bonds. The first kappa shape index (κ1) is 15.0. The number of nitrogens with one attached hydrogen (secondary N) is 1. The van der Waals surface area contributed by atoms with E-state index in [9.17, 15) is 0 Å². The lowest BCUT2D eigenvalue weighted by atomic mass is 10.1. The molecule has 0 bridgehead atoms. The highest BCUT2D eigenvalue weighted by atomic mass is 79.9. The molecule has 4 heteroatoms. The second-order valence-electron chi connectivity index (χ2n) is 4.59. The van der Waals surface area contributed by atoms with Gasteiger partial charge in [-0.3, -0.25) is 0 Å². The van der Waals surface area contributed by atoms with Gasteiger partial charge in [-0.15, -0.1) is 0 Å². The molecule has 0 saturated heterocycles. The van der Waals surface area contributed by atoms with Crippen LogP contribution in [0.4, 0.5) is 11.4 Å². The number of benzene rings is 2. The molecule has 0 saturated carbocycles. The highest BCUT2D eigenvalue weighted by Crippen LogP contribution is 2.27. The second-order valence-corrected chi connectivity index (χ2v) is 5.94. The van der Waals surface area contributed by atoms with E-state index in [1.807, 2.05) is 24.3 Å². The van der Waals surface area contributed by atoms with Crippen LogP contribution in [0.5, 0.6) is 0 Å². The molecule has 0 unspecified atom stereocenters. The predicted molar refractivity (Wildman–Crippen MR) is 93.7 cm³/mol. The zero-order chi connectivity index (χ0) is 14.5. The van der Waals surface area contributed by atoms with Gasteiger partial charge in [0.2, 0.25) is 0 Å². The Kier molecular flexibility index (Phi) is 5.15. The summed E-state index contributed by atoms with van der Waals surface area (Å²) in [6, 6.07) is 14.2. The van der Waals surface area contributed by atoms with Crippen LogP contribution in [0.15, 0.2) is 46.9 Å². The SMILES string of the molecule is CCCc1ccccc1Nc1ccc(Br)cc1C(N)=S. The average molecular weight is 349 g/mol. The maximum Gasteiger partial charge on any atom is 0.106 e. The van der Waals surface area contributed by atoms with Gasteiger partial charge >= 0.3 is 0 Å². The highest BCUT2D eigenvalue weighted by molar-refractivity contribution is 9.10. The van der Waals surface area contributed by atoms with Gasteiger partial charge in [0.05, 0.1) is 0 Å². The number of hydrogen-bond donors (Lipinski definition) is 2. The van der Waals surface area contributed by atoms with Crippen LogP contribution in [0.25, 0.3) is 0 Å². The van der Waals surface area contributed by atoms with Crippen LogP contribution in [0.2, 0.25) is 0 Å². The van der Waals surface area contributed by atoms with Crippen LogP contribution in [-0.2, 0) is 6.42 Å². The van der Waals surface area contributed by atoms with Crippen LogP contribution in [0.3, 0.4) is 0 Å². The van der Waals surface area contributed by atoms with Crippen molar-refractivity contribution in [3.05, 3.63) is 58.1 Å². The number of aryl methyl sites for hydroxylation is 1. The summed E-state index contributed by atoms with van der Waals surface area (Å²) >= 11 is 8.57. The van der Waals surface area contributed by atoms with Gasteiger partial charge in [-0.1, -0.05) is 59.7 Å². The normalized spacial score (nSPS) is 10.3. The van der Waals surface area contributed by atoms with Crippen LogP contribution in [0.1, 0.15) is 24.5 Å². The Bertz CT molecular complexity index is 626. The maximum absolute atomic E-state index is 5.80. The molecule has 0 aromatic heterocycles. The minimum absolute atomic E-state index is 0.391. The van der Waals surface area contributed by atoms with E-state index in [1.54, 1.807) is 0 Å². The molecule has 20 heavy (non-hydrogen) atoms. The number of nitrogens with two attached hydrogens (primary N) is 1.